The Morgan fingerprint density at radius 2 is 2.00 bits per heavy atom. The fraction of sp³-hybridized carbons (Fsp3) is 0.250. The quantitative estimate of drug-likeness (QED) is 0.747. The number of fused-ring (bicyclic) bond motifs is 1. The van der Waals surface area contributed by atoms with Gasteiger partial charge < -0.3 is 14.3 Å². The van der Waals surface area contributed by atoms with Gasteiger partial charge in [0, 0.05) is 35.3 Å². The van der Waals surface area contributed by atoms with Gasteiger partial charge in [0.05, 0.1) is 5.69 Å². The molecule has 0 aliphatic carbocycles. The van der Waals surface area contributed by atoms with Crippen LogP contribution in [0.5, 0.6) is 0 Å². The van der Waals surface area contributed by atoms with Crippen molar-refractivity contribution in [3.8, 4) is 0 Å². The summed E-state index contributed by atoms with van der Waals surface area (Å²) >= 11 is 0. The first-order chi connectivity index (χ1) is 10.0. The van der Waals surface area contributed by atoms with Crippen LogP contribution < -0.4 is 10.9 Å². The summed E-state index contributed by atoms with van der Waals surface area (Å²) in [6, 6.07) is 7.25. The molecule has 0 spiro atoms. The van der Waals surface area contributed by atoms with Crippen molar-refractivity contribution >= 4 is 16.7 Å². The number of hydrogen-bond acceptors (Lipinski definition) is 5. The van der Waals surface area contributed by atoms with Gasteiger partial charge >= 0.3 is 5.63 Å². The lowest BCUT2D eigenvalue weighted by Crippen LogP contribution is -2.02. The third kappa shape index (κ3) is 2.54. The van der Waals surface area contributed by atoms with Crippen LogP contribution in [0.15, 0.2) is 38.0 Å². The molecule has 2 heterocycles. The van der Waals surface area contributed by atoms with Crippen LogP contribution in [0.2, 0.25) is 0 Å². The van der Waals surface area contributed by atoms with Crippen molar-refractivity contribution in [1.82, 2.24) is 5.16 Å². The lowest BCUT2D eigenvalue weighted by Gasteiger charge is -2.07. The number of rotatable bonds is 3. The Morgan fingerprint density at radius 3 is 2.71 bits per heavy atom. The molecule has 3 aromatic rings. The molecular weight excluding hydrogens is 268 g/mol. The minimum absolute atomic E-state index is 0.331. The van der Waals surface area contributed by atoms with E-state index in [9.17, 15) is 4.79 Å². The highest BCUT2D eigenvalue weighted by Gasteiger charge is 2.09. The van der Waals surface area contributed by atoms with Crippen LogP contribution in [0.4, 0.5) is 5.69 Å². The Bertz CT molecular complexity index is 842. The molecule has 3 rings (SSSR count). The number of nitrogens with one attached hydrogen (secondary N) is 1. The van der Waals surface area contributed by atoms with Crippen LogP contribution in [0.3, 0.4) is 0 Å². The Labute approximate surface area is 121 Å². The van der Waals surface area contributed by atoms with Crippen molar-refractivity contribution in [1.29, 1.82) is 0 Å². The Morgan fingerprint density at radius 1 is 1.19 bits per heavy atom. The highest BCUT2D eigenvalue weighted by molar-refractivity contribution is 5.83. The molecule has 0 bridgehead atoms. The molecule has 1 N–H and O–H groups in total. The van der Waals surface area contributed by atoms with Crippen molar-refractivity contribution in [2.45, 2.75) is 27.3 Å². The summed E-state index contributed by atoms with van der Waals surface area (Å²) in [4.78, 5) is 11.4. The Hall–Kier alpha value is -2.56. The smallest absolute Gasteiger partial charge is 0.336 e. The third-order valence-corrected chi connectivity index (χ3v) is 3.60. The monoisotopic (exact) mass is 284 g/mol. The zero-order chi connectivity index (χ0) is 15.0. The SMILES string of the molecule is Cc1noc(C)c1CNc1ccc2c(C)cc(=O)oc2c1. The maximum atomic E-state index is 11.4. The van der Waals surface area contributed by atoms with E-state index in [1.54, 1.807) is 0 Å². The lowest BCUT2D eigenvalue weighted by molar-refractivity contribution is 0.392. The second kappa shape index (κ2) is 5.09. The number of aryl methyl sites for hydroxylation is 3. The minimum atomic E-state index is -0.331. The first-order valence-corrected chi connectivity index (χ1v) is 6.75. The van der Waals surface area contributed by atoms with Gasteiger partial charge in [-0.3, -0.25) is 0 Å². The summed E-state index contributed by atoms with van der Waals surface area (Å²) in [5, 5.41) is 8.17. The Kier molecular flexibility index (Phi) is 3.25. The lowest BCUT2D eigenvalue weighted by atomic mass is 10.1. The average molecular weight is 284 g/mol. The van der Waals surface area contributed by atoms with Crippen molar-refractivity contribution in [2.75, 3.05) is 5.32 Å². The molecule has 5 nitrogen and oxygen atoms in total. The molecule has 0 aliphatic heterocycles. The average Bonchev–Trinajstić information content (AvgIpc) is 2.75. The van der Waals surface area contributed by atoms with E-state index in [2.05, 4.69) is 10.5 Å². The molecule has 0 unspecified atom stereocenters. The first-order valence-electron chi connectivity index (χ1n) is 6.75. The largest absolute Gasteiger partial charge is 0.423 e. The van der Waals surface area contributed by atoms with Crippen LogP contribution in [-0.4, -0.2) is 5.16 Å². The van der Waals surface area contributed by atoms with Crippen molar-refractivity contribution in [2.24, 2.45) is 0 Å². The fourth-order valence-corrected chi connectivity index (χ4v) is 2.38. The molecule has 0 aliphatic rings. The van der Waals surface area contributed by atoms with Gasteiger partial charge in [0.25, 0.3) is 0 Å². The highest BCUT2D eigenvalue weighted by Crippen LogP contribution is 2.22. The summed E-state index contributed by atoms with van der Waals surface area (Å²) in [7, 11) is 0. The number of hydrogen-bond donors (Lipinski definition) is 1. The zero-order valence-corrected chi connectivity index (χ0v) is 12.2. The normalized spacial score (nSPS) is 11.0. The van der Waals surface area contributed by atoms with Crippen LogP contribution >= 0.6 is 0 Å². The molecule has 0 fully saturated rings. The molecule has 0 atom stereocenters. The number of anilines is 1. The van der Waals surface area contributed by atoms with Crippen molar-refractivity contribution in [3.05, 3.63) is 57.3 Å². The fourth-order valence-electron chi connectivity index (χ4n) is 2.38. The van der Waals surface area contributed by atoms with Crippen molar-refractivity contribution in [3.63, 3.8) is 0 Å². The molecule has 0 saturated heterocycles. The molecule has 1 aromatic carbocycles. The molecular formula is C16H16N2O3. The minimum Gasteiger partial charge on any atom is -0.423 e. The second-order valence-electron chi connectivity index (χ2n) is 5.12. The molecule has 21 heavy (non-hydrogen) atoms. The van der Waals surface area contributed by atoms with Crippen molar-refractivity contribution < 1.29 is 8.94 Å². The predicted molar refractivity (Wildman–Crippen MR) is 80.5 cm³/mol. The van der Waals surface area contributed by atoms with E-state index in [1.807, 2.05) is 39.0 Å². The summed E-state index contributed by atoms with van der Waals surface area (Å²) in [6.45, 7) is 6.31. The van der Waals surface area contributed by atoms with Crippen LogP contribution in [0.1, 0.15) is 22.6 Å². The third-order valence-electron chi connectivity index (χ3n) is 3.60. The van der Waals surface area contributed by atoms with E-state index < -0.39 is 0 Å². The Balaban J connectivity index is 1.90. The highest BCUT2D eigenvalue weighted by atomic mass is 16.5. The topological polar surface area (TPSA) is 68.3 Å². The van der Waals surface area contributed by atoms with Gasteiger partial charge in [0.15, 0.2) is 0 Å². The van der Waals surface area contributed by atoms with Crippen LogP contribution in [0, 0.1) is 20.8 Å². The number of nitrogens with zero attached hydrogens (tertiary/aromatic N) is 1. The van der Waals surface area contributed by atoms with Crippen LogP contribution in [-0.2, 0) is 6.54 Å². The second-order valence-corrected chi connectivity index (χ2v) is 5.12. The van der Waals surface area contributed by atoms with E-state index in [4.69, 9.17) is 8.94 Å². The summed E-state index contributed by atoms with van der Waals surface area (Å²) < 4.78 is 10.4. The molecule has 2 aromatic heterocycles. The maximum absolute atomic E-state index is 11.4. The van der Waals surface area contributed by atoms with Gasteiger partial charge in [0.1, 0.15) is 11.3 Å². The number of aromatic nitrogens is 1. The van der Waals surface area contributed by atoms with Gasteiger partial charge in [0.2, 0.25) is 0 Å². The van der Waals surface area contributed by atoms with Gasteiger partial charge in [-0.15, -0.1) is 0 Å². The first kappa shape index (κ1) is 13.4. The summed E-state index contributed by atoms with van der Waals surface area (Å²) in [5.74, 6) is 0.808. The van der Waals surface area contributed by atoms with E-state index in [0.29, 0.717) is 12.1 Å². The van der Waals surface area contributed by atoms with Gasteiger partial charge in [-0.2, -0.15) is 0 Å². The summed E-state index contributed by atoms with van der Waals surface area (Å²) in [6.07, 6.45) is 0. The van der Waals surface area contributed by atoms with E-state index in [0.717, 1.165) is 33.7 Å². The van der Waals surface area contributed by atoms with Gasteiger partial charge in [-0.05, 0) is 38.5 Å². The van der Waals surface area contributed by atoms with E-state index >= 15 is 0 Å². The maximum Gasteiger partial charge on any atom is 0.336 e. The van der Waals surface area contributed by atoms with Gasteiger partial charge in [-0.25, -0.2) is 4.79 Å². The van der Waals surface area contributed by atoms with E-state index in [1.165, 1.54) is 6.07 Å². The van der Waals surface area contributed by atoms with Crippen LogP contribution in [0.25, 0.3) is 11.0 Å². The molecule has 5 heteroatoms. The molecule has 0 saturated carbocycles. The van der Waals surface area contributed by atoms with Gasteiger partial charge in [-0.1, -0.05) is 5.16 Å². The molecule has 0 radical (unpaired) electrons. The summed E-state index contributed by atoms with van der Waals surface area (Å²) in [5.41, 5.74) is 3.98. The standard InChI is InChI=1S/C16H16N2O3/c1-9-6-16(19)20-15-7-12(4-5-13(9)15)17-8-14-10(2)18-21-11(14)3/h4-7,17H,8H2,1-3H3. The molecule has 0 amide bonds. The van der Waals surface area contributed by atoms with E-state index in [-0.39, 0.29) is 5.63 Å². The zero-order valence-electron chi connectivity index (χ0n) is 12.2. The molecule has 108 valence electrons. The number of benzene rings is 1. The predicted octanol–water partition coefficient (Wildman–Crippen LogP) is 3.32.